The summed E-state index contributed by atoms with van der Waals surface area (Å²) in [6, 6.07) is 17.9. The van der Waals surface area contributed by atoms with E-state index in [1.54, 1.807) is 14.0 Å². The van der Waals surface area contributed by atoms with Crippen molar-refractivity contribution in [3.8, 4) is 17.0 Å². The van der Waals surface area contributed by atoms with Gasteiger partial charge in [0.1, 0.15) is 11.4 Å². The molecule has 24 heavy (non-hydrogen) atoms. The Labute approximate surface area is 141 Å². The van der Waals surface area contributed by atoms with Crippen molar-refractivity contribution in [1.29, 1.82) is 0 Å². The van der Waals surface area contributed by atoms with Crippen LogP contribution in [0.4, 0.5) is 0 Å². The normalized spacial score (nSPS) is 10.6. The summed E-state index contributed by atoms with van der Waals surface area (Å²) in [5, 5.41) is 0. The summed E-state index contributed by atoms with van der Waals surface area (Å²) >= 11 is 0. The predicted octanol–water partition coefficient (Wildman–Crippen LogP) is 3.54. The van der Waals surface area contributed by atoms with Gasteiger partial charge in [-0.15, -0.1) is 0 Å². The van der Waals surface area contributed by atoms with Gasteiger partial charge in [0.2, 0.25) is 0 Å². The molecule has 1 aromatic heterocycles. The second-order valence-electron chi connectivity index (χ2n) is 5.66. The molecule has 0 amide bonds. The van der Waals surface area contributed by atoms with Gasteiger partial charge in [0.15, 0.2) is 0 Å². The van der Waals surface area contributed by atoms with E-state index in [4.69, 9.17) is 4.74 Å². The number of para-hydroxylation sites is 1. The van der Waals surface area contributed by atoms with Crippen LogP contribution in [-0.4, -0.2) is 17.1 Å². The molecule has 0 unspecified atom stereocenters. The fraction of sp³-hybridized carbons (Fsp3) is 0.200. The first-order valence-corrected chi connectivity index (χ1v) is 7.96. The van der Waals surface area contributed by atoms with E-state index in [9.17, 15) is 4.79 Å². The van der Waals surface area contributed by atoms with Gasteiger partial charge in [-0.25, -0.2) is 4.98 Å². The van der Waals surface area contributed by atoms with Crippen LogP contribution in [-0.2, 0) is 12.8 Å². The summed E-state index contributed by atoms with van der Waals surface area (Å²) in [5.41, 5.74) is 4.04. The largest absolute Gasteiger partial charge is 0.496 e. The molecule has 0 bridgehead atoms. The number of rotatable bonds is 5. The molecule has 122 valence electrons. The van der Waals surface area contributed by atoms with Gasteiger partial charge in [-0.05, 0) is 37.5 Å². The summed E-state index contributed by atoms with van der Waals surface area (Å²) in [4.78, 5) is 19.6. The van der Waals surface area contributed by atoms with Crippen molar-refractivity contribution in [2.24, 2.45) is 0 Å². The Hall–Kier alpha value is -2.88. The fourth-order valence-corrected chi connectivity index (χ4v) is 2.73. The van der Waals surface area contributed by atoms with Crippen LogP contribution in [0.5, 0.6) is 5.75 Å². The molecule has 2 aromatic carbocycles. The molecule has 0 aliphatic carbocycles. The summed E-state index contributed by atoms with van der Waals surface area (Å²) in [6.45, 7) is 1.72. The van der Waals surface area contributed by atoms with E-state index in [0.29, 0.717) is 12.1 Å². The van der Waals surface area contributed by atoms with Gasteiger partial charge in [-0.2, -0.15) is 0 Å². The minimum absolute atomic E-state index is 0.142. The van der Waals surface area contributed by atoms with Crippen LogP contribution in [0, 0.1) is 6.92 Å². The molecule has 3 aromatic rings. The fourth-order valence-electron chi connectivity index (χ4n) is 2.73. The molecule has 0 aliphatic heterocycles. The van der Waals surface area contributed by atoms with Crippen molar-refractivity contribution >= 4 is 0 Å². The monoisotopic (exact) mass is 320 g/mol. The molecule has 0 aliphatic rings. The maximum Gasteiger partial charge on any atom is 0.269 e. The van der Waals surface area contributed by atoms with E-state index in [1.165, 1.54) is 5.56 Å². The lowest BCUT2D eigenvalue weighted by Crippen LogP contribution is -2.16. The third-order valence-electron chi connectivity index (χ3n) is 4.03. The van der Waals surface area contributed by atoms with Gasteiger partial charge < -0.3 is 9.72 Å². The average Bonchev–Trinajstić information content (AvgIpc) is 2.63. The van der Waals surface area contributed by atoms with Crippen molar-refractivity contribution in [2.45, 2.75) is 19.8 Å². The van der Waals surface area contributed by atoms with Gasteiger partial charge in [-0.3, -0.25) is 4.79 Å². The third-order valence-corrected chi connectivity index (χ3v) is 4.03. The number of hydrogen-bond acceptors (Lipinski definition) is 3. The molecule has 0 saturated carbocycles. The Bertz CT molecular complexity index is 886. The number of ether oxygens (including phenoxy) is 1. The highest BCUT2D eigenvalue weighted by Crippen LogP contribution is 2.30. The summed E-state index contributed by atoms with van der Waals surface area (Å²) < 4.78 is 5.46. The summed E-state index contributed by atoms with van der Waals surface area (Å²) in [7, 11) is 1.64. The highest BCUT2D eigenvalue weighted by atomic mass is 16.5. The van der Waals surface area contributed by atoms with E-state index in [2.05, 4.69) is 22.1 Å². The van der Waals surface area contributed by atoms with Gasteiger partial charge in [0.05, 0.1) is 12.8 Å². The lowest BCUT2D eigenvalue weighted by atomic mass is 10.0. The van der Waals surface area contributed by atoms with Gasteiger partial charge in [0.25, 0.3) is 5.56 Å². The van der Waals surface area contributed by atoms with Crippen LogP contribution < -0.4 is 10.3 Å². The summed E-state index contributed by atoms with van der Waals surface area (Å²) in [5.74, 6) is 0.748. The van der Waals surface area contributed by atoms with Crippen LogP contribution in [0.2, 0.25) is 0 Å². The second kappa shape index (κ2) is 7.13. The molecule has 4 heteroatoms. The lowest BCUT2D eigenvalue weighted by molar-refractivity contribution is 0.416. The quantitative estimate of drug-likeness (QED) is 0.782. The Morgan fingerprint density at radius 3 is 2.46 bits per heavy atom. The number of nitrogens with one attached hydrogen (secondary N) is 1. The molecule has 0 spiro atoms. The van der Waals surface area contributed by atoms with E-state index in [-0.39, 0.29) is 5.56 Å². The van der Waals surface area contributed by atoms with Crippen LogP contribution >= 0.6 is 0 Å². The number of hydrogen-bond donors (Lipinski definition) is 1. The van der Waals surface area contributed by atoms with Crippen molar-refractivity contribution in [2.75, 3.05) is 7.11 Å². The van der Waals surface area contributed by atoms with Crippen molar-refractivity contribution in [3.05, 3.63) is 81.9 Å². The van der Waals surface area contributed by atoms with Crippen molar-refractivity contribution in [1.82, 2.24) is 9.97 Å². The van der Waals surface area contributed by atoms with E-state index >= 15 is 0 Å². The van der Waals surface area contributed by atoms with Crippen molar-refractivity contribution in [3.63, 3.8) is 0 Å². The van der Waals surface area contributed by atoms with Gasteiger partial charge >= 0.3 is 0 Å². The predicted molar refractivity (Wildman–Crippen MR) is 95.4 cm³/mol. The Morgan fingerprint density at radius 2 is 1.71 bits per heavy atom. The first-order valence-electron chi connectivity index (χ1n) is 7.96. The van der Waals surface area contributed by atoms with E-state index in [1.807, 2.05) is 42.5 Å². The zero-order chi connectivity index (χ0) is 16.9. The Morgan fingerprint density at radius 1 is 1.00 bits per heavy atom. The SMILES string of the molecule is COc1ccccc1-c1nc(C)c(=O)[nH]c1CCc1ccccc1. The molecule has 4 nitrogen and oxygen atoms in total. The number of benzene rings is 2. The van der Waals surface area contributed by atoms with Gasteiger partial charge in [0, 0.05) is 11.3 Å². The number of H-pyrrole nitrogens is 1. The molecule has 0 atom stereocenters. The minimum Gasteiger partial charge on any atom is -0.496 e. The highest BCUT2D eigenvalue weighted by molar-refractivity contribution is 5.69. The Balaban J connectivity index is 2.02. The van der Waals surface area contributed by atoms with Crippen LogP contribution in [0.3, 0.4) is 0 Å². The number of methoxy groups -OCH3 is 1. The molecule has 3 rings (SSSR count). The Kier molecular flexibility index (Phi) is 4.75. The number of nitrogens with zero attached hydrogens (tertiary/aromatic N) is 1. The lowest BCUT2D eigenvalue weighted by Gasteiger charge is -2.13. The zero-order valence-corrected chi connectivity index (χ0v) is 13.9. The van der Waals surface area contributed by atoms with Crippen LogP contribution in [0.25, 0.3) is 11.3 Å². The summed E-state index contributed by atoms with van der Waals surface area (Å²) in [6.07, 6.45) is 1.55. The smallest absolute Gasteiger partial charge is 0.269 e. The number of aryl methyl sites for hydroxylation is 3. The zero-order valence-electron chi connectivity index (χ0n) is 13.9. The molecular formula is C20H20N2O2. The van der Waals surface area contributed by atoms with Crippen LogP contribution in [0.15, 0.2) is 59.4 Å². The maximum atomic E-state index is 12.0. The third kappa shape index (κ3) is 3.38. The highest BCUT2D eigenvalue weighted by Gasteiger charge is 2.14. The number of aromatic nitrogens is 2. The molecule has 0 fully saturated rings. The van der Waals surface area contributed by atoms with Gasteiger partial charge in [-0.1, -0.05) is 42.5 Å². The van der Waals surface area contributed by atoms with Crippen molar-refractivity contribution < 1.29 is 4.74 Å². The molecule has 1 N–H and O–H groups in total. The minimum atomic E-state index is -0.142. The first-order chi connectivity index (χ1) is 11.7. The molecular weight excluding hydrogens is 300 g/mol. The first kappa shape index (κ1) is 16.0. The molecule has 0 saturated heterocycles. The molecule has 1 heterocycles. The van der Waals surface area contributed by atoms with E-state index < -0.39 is 0 Å². The maximum absolute atomic E-state index is 12.0. The second-order valence-corrected chi connectivity index (χ2v) is 5.66. The average molecular weight is 320 g/mol. The molecule has 0 radical (unpaired) electrons. The number of aromatic amines is 1. The standard InChI is InChI=1S/C20H20N2O2/c1-14-20(23)22-17(13-12-15-8-4-3-5-9-15)19(21-14)16-10-6-7-11-18(16)24-2/h3-11H,12-13H2,1-2H3,(H,22,23). The topological polar surface area (TPSA) is 55.0 Å². The van der Waals surface area contributed by atoms with Crippen LogP contribution in [0.1, 0.15) is 17.0 Å². The van der Waals surface area contributed by atoms with E-state index in [0.717, 1.165) is 29.1 Å².